The maximum atomic E-state index is 13.1. The molecule has 3 heterocycles. The van der Waals surface area contributed by atoms with Gasteiger partial charge in [0.05, 0.1) is 41.6 Å². The fourth-order valence-corrected chi connectivity index (χ4v) is 19.1. The first-order valence-corrected chi connectivity index (χ1v) is 40.7. The van der Waals surface area contributed by atoms with Crippen LogP contribution in [0.15, 0.2) is 101 Å². The van der Waals surface area contributed by atoms with E-state index < -0.39 is 38.3 Å². The molecule has 18 nitrogen and oxygen atoms in total. The first-order chi connectivity index (χ1) is 42.6. The number of hydrogen-bond acceptors (Lipinski definition) is 18. The van der Waals surface area contributed by atoms with Crippen LogP contribution in [-0.2, 0) is 71.5 Å². The SMILES string of the molecule is CCC1(CC2(c3cccc(Cl)c3)CO2)C(=O)c2ccccc2C1=O.CCCOP(=S)(OCCC)SCC(=O)N1CCCCC1C.CCN(CC)C(=O)n1cnc(S(=O)(=O)c2c(C)cc(C)cc2C)n1.COP(=S)(OC)SCC(=O)N(c1ccc(Cl)cc1)C(C)C. The number of likely N-dealkylation sites (tertiary alicyclic amines) is 1. The highest BCUT2D eigenvalue weighted by Gasteiger charge is 2.60. The van der Waals surface area contributed by atoms with E-state index in [1.165, 1.54) is 48.3 Å². The van der Waals surface area contributed by atoms with Crippen LogP contribution < -0.4 is 4.90 Å². The molecule has 494 valence electrons. The Morgan fingerprint density at radius 3 is 1.86 bits per heavy atom. The van der Waals surface area contributed by atoms with Crippen LogP contribution in [0.5, 0.6) is 0 Å². The molecule has 2 saturated heterocycles. The fraction of sp³-hybridized carbons (Fsp3) is 0.508. The van der Waals surface area contributed by atoms with Crippen LogP contribution in [0.25, 0.3) is 0 Å². The summed E-state index contributed by atoms with van der Waals surface area (Å²) in [5.74, 6) is 0.543. The van der Waals surface area contributed by atoms with Crippen LogP contribution in [0.2, 0.25) is 10.0 Å². The Kier molecular flexibility index (Phi) is 29.9. The number of epoxide rings is 1. The summed E-state index contributed by atoms with van der Waals surface area (Å²) in [4.78, 5) is 72.5. The van der Waals surface area contributed by atoms with Gasteiger partial charge in [0, 0.05) is 79.2 Å². The first kappa shape index (κ1) is 76.8. The molecular formula is C63H86Cl2N6O12P2S5. The van der Waals surface area contributed by atoms with Crippen molar-refractivity contribution in [3.63, 3.8) is 0 Å². The number of carbonyl (C=O) groups is 5. The van der Waals surface area contributed by atoms with Gasteiger partial charge >= 0.3 is 6.03 Å². The van der Waals surface area contributed by atoms with E-state index >= 15 is 0 Å². The van der Waals surface area contributed by atoms with Crippen LogP contribution in [0, 0.1) is 26.2 Å². The summed E-state index contributed by atoms with van der Waals surface area (Å²) in [7, 11) is -0.880. The number of halogens is 2. The van der Waals surface area contributed by atoms with Gasteiger partial charge in [-0.2, -0.15) is 4.68 Å². The molecule has 3 aliphatic rings. The Labute approximate surface area is 560 Å². The van der Waals surface area contributed by atoms with Gasteiger partial charge in [0.15, 0.2) is 11.6 Å². The molecule has 0 saturated carbocycles. The molecule has 0 spiro atoms. The molecule has 0 bridgehead atoms. The highest BCUT2D eigenvalue weighted by molar-refractivity contribution is 8.68. The molecule has 0 N–H and O–H groups in total. The molecule has 90 heavy (non-hydrogen) atoms. The number of benzene rings is 4. The Hall–Kier alpha value is -3.90. The van der Waals surface area contributed by atoms with Crippen LogP contribution in [0.1, 0.15) is 143 Å². The molecular weight excluding hydrogens is 1330 g/mol. The van der Waals surface area contributed by atoms with Crippen molar-refractivity contribution in [3.05, 3.63) is 135 Å². The first-order valence-electron chi connectivity index (χ1n) is 30.0. The quantitative estimate of drug-likeness (QED) is 0.0319. The van der Waals surface area contributed by atoms with E-state index in [4.69, 9.17) is 69.6 Å². The summed E-state index contributed by atoms with van der Waals surface area (Å²) in [6.07, 6.45) is 7.21. The lowest BCUT2D eigenvalue weighted by Crippen LogP contribution is -2.42. The van der Waals surface area contributed by atoms with E-state index in [9.17, 15) is 32.4 Å². The van der Waals surface area contributed by atoms with Gasteiger partial charge in [0.1, 0.15) is 11.9 Å². The van der Waals surface area contributed by atoms with Crippen LogP contribution in [0.4, 0.5) is 10.5 Å². The van der Waals surface area contributed by atoms with E-state index in [1.807, 2.05) is 90.6 Å². The number of sulfone groups is 1. The number of ketones is 2. The second-order valence-electron chi connectivity index (χ2n) is 22.0. The van der Waals surface area contributed by atoms with Crippen molar-refractivity contribution < 1.29 is 55.2 Å². The Bertz CT molecular complexity index is 3420. The van der Waals surface area contributed by atoms with Gasteiger partial charge in [-0.05, 0) is 171 Å². The van der Waals surface area contributed by atoms with Gasteiger partial charge in [0.25, 0.3) is 5.16 Å². The monoisotopic (exact) mass is 1410 g/mol. The molecule has 0 radical (unpaired) electrons. The molecule has 2 unspecified atom stereocenters. The van der Waals surface area contributed by atoms with E-state index in [0.29, 0.717) is 89.8 Å². The molecule has 3 amide bonds. The van der Waals surface area contributed by atoms with Crippen molar-refractivity contribution in [2.75, 3.05) is 70.1 Å². The molecule has 2 atom stereocenters. The zero-order valence-electron chi connectivity index (χ0n) is 53.7. The third-order valence-corrected chi connectivity index (χ3v) is 28.4. The number of amides is 3. The molecule has 1 aliphatic carbocycles. The van der Waals surface area contributed by atoms with Crippen molar-refractivity contribution in [2.45, 2.75) is 149 Å². The smallest absolute Gasteiger partial charge is 0.346 e. The summed E-state index contributed by atoms with van der Waals surface area (Å²) < 4.78 is 54.3. The van der Waals surface area contributed by atoms with E-state index in [-0.39, 0.29) is 45.2 Å². The van der Waals surface area contributed by atoms with Gasteiger partial charge < -0.3 is 37.5 Å². The molecule has 5 aromatic rings. The zero-order chi connectivity index (χ0) is 66.8. The van der Waals surface area contributed by atoms with E-state index in [0.717, 1.165) is 60.1 Å². The molecule has 4 aromatic carbocycles. The number of anilines is 1. The Morgan fingerprint density at radius 1 is 0.800 bits per heavy atom. The molecule has 27 heteroatoms. The summed E-state index contributed by atoms with van der Waals surface area (Å²) >= 11 is 25.4. The zero-order valence-corrected chi connectivity index (χ0v) is 61.1. The Morgan fingerprint density at radius 2 is 1.37 bits per heavy atom. The lowest BCUT2D eigenvalue weighted by molar-refractivity contribution is -0.131. The highest BCUT2D eigenvalue weighted by atomic mass is 35.5. The Balaban J connectivity index is 0.000000219. The summed E-state index contributed by atoms with van der Waals surface area (Å²) in [5, 5.41) is 4.81. The number of aromatic nitrogens is 3. The van der Waals surface area contributed by atoms with Gasteiger partial charge in [-0.3, -0.25) is 19.2 Å². The lowest BCUT2D eigenvalue weighted by atomic mass is 9.71. The van der Waals surface area contributed by atoms with E-state index in [1.54, 1.807) is 73.3 Å². The average molecular weight is 1410 g/mol. The van der Waals surface area contributed by atoms with Gasteiger partial charge in [-0.25, -0.2) is 18.2 Å². The predicted octanol–water partition coefficient (Wildman–Crippen LogP) is 15.3. The summed E-state index contributed by atoms with van der Waals surface area (Å²) in [6, 6.07) is 25.3. The van der Waals surface area contributed by atoms with Gasteiger partial charge in [0.2, 0.25) is 33.0 Å². The van der Waals surface area contributed by atoms with Gasteiger partial charge in [-0.1, -0.05) is 121 Å². The van der Waals surface area contributed by atoms with Crippen LogP contribution >= 0.6 is 57.4 Å². The predicted molar refractivity (Wildman–Crippen MR) is 370 cm³/mol. The number of carbonyl (C=O) groups excluding carboxylic acids is 5. The second kappa shape index (κ2) is 35.0. The standard InChI is InChI=1S/C20H17ClO3.C16H22N4O3S.C14H28NO3PS2.C13H19ClNO3PS2/c1-2-19(17(22)15-8-3-4-9-16(15)18(19)23)11-20(12-24-20)13-6-5-7-14(21)10-13;1-6-19(7-2)16(21)20-10-17-15(18-20)24(22,23)14-12(4)8-11(3)9-13(14)5;1-4-10-17-19(20,18-11-5-2)21-12-14(16)15-9-7-6-8-13(15)3;1-10(2)15(12-7-5-11(14)6-8-12)13(16)9-21-19(20,17-3)18-4/h3-10H,2,11-12H2,1H3;8-10H,6-7H2,1-5H3;13H,4-12H2,1-3H3;5-8,10H,9H2,1-4H3. The topological polar surface area (TPSA) is 209 Å². The van der Waals surface area contributed by atoms with Crippen molar-refractivity contribution in [1.29, 1.82) is 0 Å². The maximum absolute atomic E-state index is 13.1. The molecule has 2 fully saturated rings. The van der Waals surface area contributed by atoms with Crippen molar-refractivity contribution in [2.24, 2.45) is 5.41 Å². The summed E-state index contributed by atoms with van der Waals surface area (Å²) in [6.45, 7) is 24.7. The second-order valence-corrected chi connectivity index (χ2v) is 37.5. The van der Waals surface area contributed by atoms with Crippen LogP contribution in [0.3, 0.4) is 0 Å². The number of piperidine rings is 1. The maximum Gasteiger partial charge on any atom is 0.346 e. The highest BCUT2D eigenvalue weighted by Crippen LogP contribution is 2.61. The lowest BCUT2D eigenvalue weighted by Gasteiger charge is -2.33. The number of hydrogen-bond donors (Lipinski definition) is 0. The number of nitrogens with zero attached hydrogens (tertiary/aromatic N) is 6. The minimum absolute atomic E-state index is 0.0298. The minimum Gasteiger partial charge on any atom is -0.364 e. The molecule has 1 aromatic heterocycles. The van der Waals surface area contributed by atoms with Crippen molar-refractivity contribution in [3.8, 4) is 0 Å². The average Bonchev–Trinajstić information content (AvgIpc) is 1.56. The normalized spacial score (nSPS) is 16.8. The number of ether oxygens (including phenoxy) is 1. The largest absolute Gasteiger partial charge is 0.364 e. The fourth-order valence-electron chi connectivity index (χ4n) is 10.5. The number of aryl methyl sites for hydroxylation is 3. The van der Waals surface area contributed by atoms with E-state index in [2.05, 4.69) is 17.0 Å². The van der Waals surface area contributed by atoms with Crippen LogP contribution in [-0.4, -0.2) is 140 Å². The van der Waals surface area contributed by atoms with Crippen molar-refractivity contribution >= 4 is 126 Å². The minimum atomic E-state index is -3.88. The third-order valence-electron chi connectivity index (χ3n) is 15.2. The number of fused-ring (bicyclic) bond motifs is 1. The number of Topliss-reactive ketones (excluding diaryl/α,β-unsaturated/α-hetero) is 2. The molecule has 2 aliphatic heterocycles. The van der Waals surface area contributed by atoms with Crippen molar-refractivity contribution in [1.82, 2.24) is 24.6 Å². The third kappa shape index (κ3) is 19.8. The number of rotatable bonds is 24. The summed E-state index contributed by atoms with van der Waals surface area (Å²) in [5.41, 5.74) is -1.36. The van der Waals surface area contributed by atoms with Gasteiger partial charge in [-0.15, -0.1) is 5.10 Å². The molecule has 8 rings (SSSR count).